The van der Waals surface area contributed by atoms with Crippen molar-refractivity contribution in [3.8, 4) is 0 Å². The van der Waals surface area contributed by atoms with Crippen molar-refractivity contribution >= 4 is 50.0 Å². The van der Waals surface area contributed by atoms with Crippen molar-refractivity contribution in [2.75, 3.05) is 0 Å². The second-order valence-corrected chi connectivity index (χ2v) is 4.67. The number of aryl methyl sites for hydroxylation is 1. The Morgan fingerprint density at radius 1 is 1.21 bits per heavy atom. The standard InChI is InChI=1S/C10H6BrCl2N/c1-5-4-8(13)9-6(11)2-3-7(12)10(9)14-5/h2-4H,1H3. The molecule has 0 fully saturated rings. The van der Waals surface area contributed by atoms with E-state index in [1.165, 1.54) is 0 Å². The Morgan fingerprint density at radius 2 is 1.93 bits per heavy atom. The summed E-state index contributed by atoms with van der Waals surface area (Å²) in [7, 11) is 0. The highest BCUT2D eigenvalue weighted by Crippen LogP contribution is 2.33. The molecule has 0 N–H and O–H groups in total. The van der Waals surface area contributed by atoms with Gasteiger partial charge in [0.25, 0.3) is 0 Å². The van der Waals surface area contributed by atoms with Gasteiger partial charge in [-0.05, 0) is 25.1 Å². The normalized spacial score (nSPS) is 10.9. The molecule has 2 rings (SSSR count). The molecule has 0 spiro atoms. The summed E-state index contributed by atoms with van der Waals surface area (Å²) in [6.07, 6.45) is 0. The SMILES string of the molecule is Cc1cc(Cl)c2c(Br)ccc(Cl)c2n1. The molecule has 0 saturated heterocycles. The lowest BCUT2D eigenvalue weighted by atomic mass is 10.2. The molecule has 0 aliphatic heterocycles. The van der Waals surface area contributed by atoms with E-state index in [4.69, 9.17) is 23.2 Å². The van der Waals surface area contributed by atoms with E-state index in [9.17, 15) is 0 Å². The first-order valence-electron chi connectivity index (χ1n) is 4.00. The van der Waals surface area contributed by atoms with Gasteiger partial charge in [0, 0.05) is 15.6 Å². The predicted molar refractivity (Wildman–Crippen MR) is 64.2 cm³/mol. The highest BCUT2D eigenvalue weighted by atomic mass is 79.9. The van der Waals surface area contributed by atoms with Gasteiger partial charge in [-0.15, -0.1) is 0 Å². The summed E-state index contributed by atoms with van der Waals surface area (Å²) in [5.74, 6) is 0. The number of halogens is 3. The molecule has 1 aromatic heterocycles. The first kappa shape index (κ1) is 10.2. The molecule has 14 heavy (non-hydrogen) atoms. The second-order valence-electron chi connectivity index (χ2n) is 3.00. The maximum atomic E-state index is 6.11. The lowest BCUT2D eigenvalue weighted by molar-refractivity contribution is 1.25. The maximum absolute atomic E-state index is 6.11. The number of fused-ring (bicyclic) bond motifs is 1. The minimum absolute atomic E-state index is 0.619. The Morgan fingerprint density at radius 3 is 2.64 bits per heavy atom. The largest absolute Gasteiger partial charge is 0.251 e. The average molecular weight is 291 g/mol. The van der Waals surface area contributed by atoms with Gasteiger partial charge >= 0.3 is 0 Å². The monoisotopic (exact) mass is 289 g/mol. The van der Waals surface area contributed by atoms with Crippen molar-refractivity contribution in [1.82, 2.24) is 4.98 Å². The number of rotatable bonds is 0. The number of hydrogen-bond acceptors (Lipinski definition) is 1. The van der Waals surface area contributed by atoms with Gasteiger partial charge in [-0.1, -0.05) is 39.1 Å². The maximum Gasteiger partial charge on any atom is 0.0917 e. The van der Waals surface area contributed by atoms with Crippen LogP contribution < -0.4 is 0 Å². The van der Waals surface area contributed by atoms with E-state index in [0.29, 0.717) is 10.0 Å². The van der Waals surface area contributed by atoms with Crippen LogP contribution in [0.4, 0.5) is 0 Å². The fourth-order valence-corrected chi connectivity index (χ4v) is 2.54. The molecule has 4 heteroatoms. The molecule has 0 aliphatic rings. The minimum Gasteiger partial charge on any atom is -0.251 e. The smallest absolute Gasteiger partial charge is 0.0917 e. The lowest BCUT2D eigenvalue weighted by Gasteiger charge is -2.05. The van der Waals surface area contributed by atoms with Crippen LogP contribution >= 0.6 is 39.1 Å². The molecular weight excluding hydrogens is 285 g/mol. The number of nitrogens with zero attached hydrogens (tertiary/aromatic N) is 1. The van der Waals surface area contributed by atoms with Crippen LogP contribution in [0, 0.1) is 6.92 Å². The van der Waals surface area contributed by atoms with Crippen molar-refractivity contribution in [2.24, 2.45) is 0 Å². The summed E-state index contributed by atoms with van der Waals surface area (Å²) in [5, 5.41) is 2.15. The summed E-state index contributed by atoms with van der Waals surface area (Å²) < 4.78 is 0.911. The van der Waals surface area contributed by atoms with Crippen molar-refractivity contribution in [3.63, 3.8) is 0 Å². The fraction of sp³-hybridized carbons (Fsp3) is 0.100. The first-order valence-corrected chi connectivity index (χ1v) is 5.55. The molecule has 0 atom stereocenters. The van der Waals surface area contributed by atoms with Crippen LogP contribution in [0.15, 0.2) is 22.7 Å². The molecule has 0 bridgehead atoms. The summed E-state index contributed by atoms with van der Waals surface area (Å²) >= 11 is 15.6. The van der Waals surface area contributed by atoms with Gasteiger partial charge in [-0.3, -0.25) is 4.98 Å². The number of benzene rings is 1. The molecule has 0 unspecified atom stereocenters. The second kappa shape index (κ2) is 3.69. The van der Waals surface area contributed by atoms with Crippen LogP contribution in [0.5, 0.6) is 0 Å². The van der Waals surface area contributed by atoms with E-state index in [1.807, 2.05) is 19.1 Å². The van der Waals surface area contributed by atoms with Gasteiger partial charge in [0.2, 0.25) is 0 Å². The van der Waals surface area contributed by atoms with Crippen molar-refractivity contribution in [1.29, 1.82) is 0 Å². The minimum atomic E-state index is 0.619. The van der Waals surface area contributed by atoms with E-state index in [1.54, 1.807) is 6.07 Å². The Hall–Kier alpha value is -0.310. The van der Waals surface area contributed by atoms with E-state index in [-0.39, 0.29) is 0 Å². The third-order valence-corrected chi connectivity index (χ3v) is 3.20. The van der Waals surface area contributed by atoms with E-state index >= 15 is 0 Å². The first-order chi connectivity index (χ1) is 6.59. The highest BCUT2D eigenvalue weighted by Gasteiger charge is 2.08. The Balaban J connectivity index is 3.00. The third kappa shape index (κ3) is 1.62. The van der Waals surface area contributed by atoms with Gasteiger partial charge in [0.1, 0.15) is 0 Å². The number of aromatic nitrogens is 1. The zero-order valence-electron chi connectivity index (χ0n) is 7.31. The third-order valence-electron chi connectivity index (χ3n) is 1.94. The van der Waals surface area contributed by atoms with Gasteiger partial charge < -0.3 is 0 Å². The molecule has 1 heterocycles. The molecule has 0 saturated carbocycles. The molecule has 1 aromatic carbocycles. The molecule has 2 aromatic rings. The molecule has 0 amide bonds. The van der Waals surface area contributed by atoms with E-state index in [2.05, 4.69) is 20.9 Å². The molecule has 72 valence electrons. The topological polar surface area (TPSA) is 12.9 Å². The van der Waals surface area contributed by atoms with E-state index in [0.717, 1.165) is 21.1 Å². The highest BCUT2D eigenvalue weighted by molar-refractivity contribution is 9.10. The zero-order chi connectivity index (χ0) is 10.3. The number of hydrogen-bond donors (Lipinski definition) is 0. The van der Waals surface area contributed by atoms with Crippen molar-refractivity contribution in [3.05, 3.63) is 38.4 Å². The van der Waals surface area contributed by atoms with Gasteiger partial charge in [0.05, 0.1) is 15.6 Å². The van der Waals surface area contributed by atoms with Crippen molar-refractivity contribution < 1.29 is 0 Å². The zero-order valence-corrected chi connectivity index (χ0v) is 10.4. The summed E-state index contributed by atoms with van der Waals surface area (Å²) in [6.45, 7) is 1.89. The van der Waals surface area contributed by atoms with Crippen LogP contribution in [0.25, 0.3) is 10.9 Å². The van der Waals surface area contributed by atoms with Crippen molar-refractivity contribution in [2.45, 2.75) is 6.92 Å². The van der Waals surface area contributed by atoms with Crippen LogP contribution in [-0.2, 0) is 0 Å². The van der Waals surface area contributed by atoms with Gasteiger partial charge in [0.15, 0.2) is 0 Å². The quantitative estimate of drug-likeness (QED) is 0.690. The van der Waals surface area contributed by atoms with Crippen LogP contribution in [-0.4, -0.2) is 4.98 Å². The summed E-state index contributed by atoms with van der Waals surface area (Å²) in [6, 6.07) is 5.50. The average Bonchev–Trinajstić information content (AvgIpc) is 2.10. The molecular formula is C10H6BrCl2N. The molecule has 0 aliphatic carbocycles. The predicted octanol–water partition coefficient (Wildman–Crippen LogP) is 4.61. The van der Waals surface area contributed by atoms with Gasteiger partial charge in [-0.25, -0.2) is 0 Å². The van der Waals surface area contributed by atoms with Crippen LogP contribution in [0.2, 0.25) is 10.0 Å². The Kier molecular flexibility index (Phi) is 2.69. The fourth-order valence-electron chi connectivity index (χ4n) is 1.34. The molecule has 1 nitrogen and oxygen atoms in total. The Labute approximate surface area is 100 Å². The van der Waals surface area contributed by atoms with Gasteiger partial charge in [-0.2, -0.15) is 0 Å². The number of pyridine rings is 1. The molecule has 0 radical (unpaired) electrons. The summed E-state index contributed by atoms with van der Waals surface area (Å²) in [5.41, 5.74) is 1.61. The summed E-state index contributed by atoms with van der Waals surface area (Å²) in [4.78, 5) is 4.35. The van der Waals surface area contributed by atoms with E-state index < -0.39 is 0 Å². The van der Waals surface area contributed by atoms with Crippen LogP contribution in [0.1, 0.15) is 5.69 Å². The van der Waals surface area contributed by atoms with Crippen LogP contribution in [0.3, 0.4) is 0 Å². The lowest BCUT2D eigenvalue weighted by Crippen LogP contribution is -1.86. The Bertz CT molecular complexity index is 511.